The number of aryl methyl sites for hydroxylation is 1. The van der Waals surface area contributed by atoms with Crippen LogP contribution in [0, 0.1) is 12.8 Å². The molecule has 0 unspecified atom stereocenters. The first-order valence-corrected chi connectivity index (χ1v) is 10.6. The number of carbonyl (C=O) groups is 1. The SMILES string of the molecule is Cc1ccc(C(=O)Nc2csc([C@]34CO[C@@H](C)C[C@H]3CSC(N)=N4)n2)nc1. The summed E-state index contributed by atoms with van der Waals surface area (Å²) in [5.74, 6) is 1.43. The maximum atomic E-state index is 12.4. The van der Waals surface area contributed by atoms with Gasteiger partial charge in [-0.2, -0.15) is 0 Å². The smallest absolute Gasteiger partial charge is 0.275 e. The fraction of sp³-hybridized carbons (Fsp3) is 0.444. The maximum Gasteiger partial charge on any atom is 0.275 e. The largest absolute Gasteiger partial charge is 0.379 e. The molecule has 4 heterocycles. The Kier molecular flexibility index (Phi) is 4.92. The van der Waals surface area contributed by atoms with E-state index in [1.54, 1.807) is 24.0 Å². The number of fused-ring (bicyclic) bond motifs is 1. The van der Waals surface area contributed by atoms with Crippen LogP contribution >= 0.6 is 23.1 Å². The number of hydrogen-bond acceptors (Lipinski definition) is 8. The van der Waals surface area contributed by atoms with Gasteiger partial charge in [0.25, 0.3) is 5.91 Å². The van der Waals surface area contributed by atoms with E-state index in [-0.39, 0.29) is 12.0 Å². The average molecular weight is 404 g/mol. The van der Waals surface area contributed by atoms with E-state index in [0.29, 0.717) is 29.2 Å². The van der Waals surface area contributed by atoms with Gasteiger partial charge in [-0.3, -0.25) is 9.78 Å². The number of thiazole rings is 1. The quantitative estimate of drug-likeness (QED) is 0.817. The van der Waals surface area contributed by atoms with Crippen LogP contribution in [0.25, 0.3) is 0 Å². The second-order valence-electron chi connectivity index (χ2n) is 6.95. The minimum Gasteiger partial charge on any atom is -0.379 e. The summed E-state index contributed by atoms with van der Waals surface area (Å²) in [5.41, 5.74) is 6.84. The van der Waals surface area contributed by atoms with Crippen LogP contribution < -0.4 is 11.1 Å². The molecule has 3 N–H and O–H groups in total. The van der Waals surface area contributed by atoms with Gasteiger partial charge in [0.1, 0.15) is 22.1 Å². The van der Waals surface area contributed by atoms with Crippen molar-refractivity contribution in [3.05, 3.63) is 40.0 Å². The van der Waals surface area contributed by atoms with Crippen molar-refractivity contribution in [3.8, 4) is 0 Å². The van der Waals surface area contributed by atoms with E-state index in [4.69, 9.17) is 15.5 Å². The number of nitrogens with one attached hydrogen (secondary N) is 1. The number of nitrogens with two attached hydrogens (primary N) is 1. The minimum absolute atomic E-state index is 0.199. The molecule has 0 radical (unpaired) electrons. The van der Waals surface area contributed by atoms with E-state index in [1.165, 1.54) is 11.3 Å². The molecular weight excluding hydrogens is 382 g/mol. The first kappa shape index (κ1) is 18.4. The maximum absolute atomic E-state index is 12.4. The normalized spacial score (nSPS) is 27.6. The summed E-state index contributed by atoms with van der Waals surface area (Å²) in [6, 6.07) is 3.56. The molecule has 142 valence electrons. The molecule has 0 aliphatic carbocycles. The molecule has 0 spiro atoms. The van der Waals surface area contributed by atoms with Gasteiger partial charge in [-0.15, -0.1) is 11.3 Å². The highest BCUT2D eigenvalue weighted by molar-refractivity contribution is 8.13. The van der Waals surface area contributed by atoms with Gasteiger partial charge in [0.05, 0.1) is 12.7 Å². The molecule has 9 heteroatoms. The van der Waals surface area contributed by atoms with Crippen LogP contribution in [-0.4, -0.2) is 39.5 Å². The molecule has 27 heavy (non-hydrogen) atoms. The average Bonchev–Trinajstić information content (AvgIpc) is 3.11. The van der Waals surface area contributed by atoms with Crippen LogP contribution in [0.15, 0.2) is 28.7 Å². The van der Waals surface area contributed by atoms with Gasteiger partial charge >= 0.3 is 0 Å². The van der Waals surface area contributed by atoms with E-state index in [1.807, 2.05) is 18.4 Å². The third kappa shape index (κ3) is 3.59. The van der Waals surface area contributed by atoms with Gasteiger partial charge in [0.15, 0.2) is 5.17 Å². The molecule has 0 bridgehead atoms. The van der Waals surface area contributed by atoms with Crippen molar-refractivity contribution in [2.24, 2.45) is 16.6 Å². The molecule has 2 aromatic rings. The van der Waals surface area contributed by atoms with E-state index in [9.17, 15) is 4.79 Å². The van der Waals surface area contributed by atoms with Crippen molar-refractivity contribution in [3.63, 3.8) is 0 Å². The number of anilines is 1. The van der Waals surface area contributed by atoms with Crippen molar-refractivity contribution in [2.75, 3.05) is 17.7 Å². The van der Waals surface area contributed by atoms with Gasteiger partial charge < -0.3 is 15.8 Å². The van der Waals surface area contributed by atoms with Gasteiger partial charge in [0.2, 0.25) is 0 Å². The zero-order valence-corrected chi connectivity index (χ0v) is 16.8. The Labute approximate surface area is 165 Å². The van der Waals surface area contributed by atoms with E-state index < -0.39 is 5.54 Å². The predicted octanol–water partition coefficient (Wildman–Crippen LogP) is 2.78. The highest BCUT2D eigenvalue weighted by Crippen LogP contribution is 2.46. The Morgan fingerprint density at radius 1 is 1.44 bits per heavy atom. The Hall–Kier alpha value is -1.97. The third-order valence-electron chi connectivity index (χ3n) is 4.88. The number of hydrogen-bond donors (Lipinski definition) is 2. The molecule has 1 amide bonds. The van der Waals surface area contributed by atoms with Gasteiger partial charge in [-0.05, 0) is 31.9 Å². The summed E-state index contributed by atoms with van der Waals surface area (Å²) in [5, 5.41) is 6.05. The molecule has 2 aromatic heterocycles. The van der Waals surface area contributed by atoms with E-state index in [2.05, 4.69) is 22.2 Å². The minimum atomic E-state index is -0.558. The second kappa shape index (κ2) is 7.21. The summed E-state index contributed by atoms with van der Waals surface area (Å²) in [6.07, 6.45) is 2.78. The number of nitrogens with zero attached hydrogens (tertiary/aromatic N) is 3. The van der Waals surface area contributed by atoms with Crippen LogP contribution in [0.3, 0.4) is 0 Å². The molecule has 0 saturated carbocycles. The number of ether oxygens (including phenoxy) is 1. The highest BCUT2D eigenvalue weighted by atomic mass is 32.2. The van der Waals surface area contributed by atoms with Gasteiger partial charge in [-0.25, -0.2) is 9.98 Å². The number of amidine groups is 1. The Morgan fingerprint density at radius 2 is 2.30 bits per heavy atom. The lowest BCUT2D eigenvalue weighted by atomic mass is 9.80. The van der Waals surface area contributed by atoms with Crippen LogP contribution in [-0.2, 0) is 10.3 Å². The van der Waals surface area contributed by atoms with Crippen LogP contribution in [0.4, 0.5) is 5.82 Å². The molecule has 3 atom stereocenters. The molecule has 1 fully saturated rings. The summed E-state index contributed by atoms with van der Waals surface area (Å²) in [6.45, 7) is 4.47. The molecular formula is C18H21N5O2S2. The first-order chi connectivity index (χ1) is 13.0. The molecule has 4 rings (SSSR count). The van der Waals surface area contributed by atoms with E-state index in [0.717, 1.165) is 22.7 Å². The van der Waals surface area contributed by atoms with Crippen LogP contribution in [0.5, 0.6) is 0 Å². The van der Waals surface area contributed by atoms with Gasteiger partial charge in [-0.1, -0.05) is 17.8 Å². The van der Waals surface area contributed by atoms with E-state index >= 15 is 0 Å². The zero-order valence-electron chi connectivity index (χ0n) is 15.1. The number of thioether (sulfide) groups is 1. The summed E-state index contributed by atoms with van der Waals surface area (Å²) >= 11 is 3.06. The number of rotatable bonds is 3. The van der Waals surface area contributed by atoms with Crippen molar-refractivity contribution < 1.29 is 9.53 Å². The lowest BCUT2D eigenvalue weighted by molar-refractivity contribution is -0.0466. The lowest BCUT2D eigenvalue weighted by Gasteiger charge is -2.44. The topological polar surface area (TPSA) is 102 Å². The Morgan fingerprint density at radius 3 is 3.07 bits per heavy atom. The predicted molar refractivity (Wildman–Crippen MR) is 108 cm³/mol. The number of aliphatic imine (C=N–C) groups is 1. The summed E-state index contributed by atoms with van der Waals surface area (Å²) in [4.78, 5) is 26.0. The highest BCUT2D eigenvalue weighted by Gasteiger charge is 2.49. The molecule has 1 saturated heterocycles. The molecule has 0 aromatic carbocycles. The van der Waals surface area contributed by atoms with Crippen molar-refractivity contribution in [2.45, 2.75) is 31.9 Å². The fourth-order valence-corrected chi connectivity index (χ4v) is 5.36. The summed E-state index contributed by atoms with van der Waals surface area (Å²) in [7, 11) is 0. The first-order valence-electron chi connectivity index (χ1n) is 8.76. The van der Waals surface area contributed by atoms with Crippen LogP contribution in [0.2, 0.25) is 0 Å². The molecule has 7 nitrogen and oxygen atoms in total. The molecule has 2 aliphatic rings. The third-order valence-corrected chi connectivity index (χ3v) is 6.85. The number of amides is 1. The fourth-order valence-electron chi connectivity index (χ4n) is 3.39. The lowest BCUT2D eigenvalue weighted by Crippen LogP contribution is -2.49. The second-order valence-corrected chi connectivity index (χ2v) is 8.85. The molecule has 2 aliphatic heterocycles. The number of carbonyl (C=O) groups excluding carboxylic acids is 1. The Bertz CT molecular complexity index is 882. The number of pyridine rings is 1. The van der Waals surface area contributed by atoms with Crippen molar-refractivity contribution in [1.29, 1.82) is 0 Å². The summed E-state index contributed by atoms with van der Waals surface area (Å²) < 4.78 is 5.92. The monoisotopic (exact) mass is 403 g/mol. The van der Waals surface area contributed by atoms with Gasteiger partial charge in [0, 0.05) is 23.2 Å². The van der Waals surface area contributed by atoms with Crippen molar-refractivity contribution in [1.82, 2.24) is 9.97 Å². The standard InChI is InChI=1S/C18H21N5O2S2/c1-10-3-4-13(20-6-10)15(24)21-14-8-26-16(22-14)18-9-25-11(2)5-12(18)7-27-17(19)23-18/h3-4,6,8,11-12H,5,7,9H2,1-2H3,(H2,19,23)(H,21,24)/t11-,12-,18-/m0/s1. The zero-order chi connectivity index (χ0) is 19.0. The van der Waals surface area contributed by atoms with Crippen LogP contribution in [0.1, 0.15) is 34.4 Å². The number of aromatic nitrogens is 2. The Balaban J connectivity index is 1.58. The van der Waals surface area contributed by atoms with Crippen molar-refractivity contribution >= 4 is 40.0 Å².